The molecule has 2 heterocycles. The van der Waals surface area contributed by atoms with Gasteiger partial charge in [0.05, 0.1) is 21.8 Å². The van der Waals surface area contributed by atoms with Crippen molar-refractivity contribution in [2.75, 3.05) is 11.5 Å². The highest BCUT2D eigenvalue weighted by Crippen LogP contribution is 2.44. The molecule has 0 spiro atoms. The molecule has 8 heteroatoms. The van der Waals surface area contributed by atoms with Crippen LogP contribution in [0.5, 0.6) is 5.75 Å². The average molecular weight is 501 g/mol. The van der Waals surface area contributed by atoms with Crippen LogP contribution >= 0.6 is 11.3 Å². The number of ketones is 1. The number of hydrogen-bond donors (Lipinski definition) is 1. The van der Waals surface area contributed by atoms with Crippen LogP contribution in [0.25, 0.3) is 16.0 Å². The quantitative estimate of drug-likeness (QED) is 0.154. The molecule has 1 aromatic heterocycles. The molecule has 3 aromatic carbocycles. The summed E-state index contributed by atoms with van der Waals surface area (Å²) in [4.78, 5) is 32.6. The van der Waals surface area contributed by atoms with Crippen molar-refractivity contribution >= 4 is 44.1 Å². The molecule has 0 aliphatic carbocycles. The zero-order valence-corrected chi connectivity index (χ0v) is 20.1. The van der Waals surface area contributed by atoms with Crippen LogP contribution in [0.15, 0.2) is 85.0 Å². The summed E-state index contributed by atoms with van der Waals surface area (Å²) in [5, 5.41) is 11.5. The van der Waals surface area contributed by atoms with Gasteiger partial charge >= 0.3 is 5.91 Å². The molecule has 1 aliphatic heterocycles. The Morgan fingerprint density at radius 1 is 1.14 bits per heavy atom. The van der Waals surface area contributed by atoms with Gasteiger partial charge in [-0.2, -0.15) is 0 Å². The lowest BCUT2D eigenvalue weighted by Crippen LogP contribution is -2.29. The SMILES string of the molecule is C=CCOc1ccc([C@H]2C(=C(O)c3ccc(F)cc3)C(=O)C(=O)N2c2nc3ccc(C)cc3s2)cc1. The minimum Gasteiger partial charge on any atom is -0.507 e. The van der Waals surface area contributed by atoms with Crippen LogP contribution < -0.4 is 9.64 Å². The smallest absolute Gasteiger partial charge is 0.301 e. The van der Waals surface area contributed by atoms with Crippen molar-refractivity contribution in [3.05, 3.63) is 107 Å². The van der Waals surface area contributed by atoms with E-state index in [1.54, 1.807) is 30.3 Å². The fraction of sp³-hybridized carbons (Fsp3) is 0.107. The summed E-state index contributed by atoms with van der Waals surface area (Å²) in [7, 11) is 0. The van der Waals surface area contributed by atoms with Gasteiger partial charge in [-0.3, -0.25) is 14.5 Å². The number of aliphatic hydroxyl groups excluding tert-OH is 1. The van der Waals surface area contributed by atoms with Crippen molar-refractivity contribution in [1.29, 1.82) is 0 Å². The van der Waals surface area contributed by atoms with E-state index in [1.165, 1.54) is 40.5 Å². The Morgan fingerprint density at radius 3 is 2.56 bits per heavy atom. The summed E-state index contributed by atoms with van der Waals surface area (Å²) in [5.74, 6) is -1.92. The van der Waals surface area contributed by atoms with Crippen molar-refractivity contribution in [3.8, 4) is 5.75 Å². The summed E-state index contributed by atoms with van der Waals surface area (Å²) in [6.45, 7) is 5.92. The first-order chi connectivity index (χ1) is 17.4. The van der Waals surface area contributed by atoms with Gasteiger partial charge in [-0.1, -0.05) is 42.2 Å². The van der Waals surface area contributed by atoms with Crippen LogP contribution in [0.4, 0.5) is 9.52 Å². The second-order valence-electron chi connectivity index (χ2n) is 8.31. The Balaban J connectivity index is 1.68. The van der Waals surface area contributed by atoms with Crippen molar-refractivity contribution in [3.63, 3.8) is 0 Å². The first-order valence-corrected chi connectivity index (χ1v) is 12.0. The fourth-order valence-electron chi connectivity index (χ4n) is 4.13. The molecular formula is C28H21FN2O4S. The molecular weight excluding hydrogens is 479 g/mol. The molecule has 0 radical (unpaired) electrons. The van der Waals surface area contributed by atoms with Crippen LogP contribution in [0.1, 0.15) is 22.7 Å². The van der Waals surface area contributed by atoms with Crippen LogP contribution in [0.2, 0.25) is 0 Å². The van der Waals surface area contributed by atoms with Crippen LogP contribution in [0, 0.1) is 12.7 Å². The summed E-state index contributed by atoms with van der Waals surface area (Å²) in [6, 6.07) is 16.8. The number of carbonyl (C=O) groups excluding carboxylic acids is 2. The number of amides is 1. The van der Waals surface area contributed by atoms with Gasteiger partial charge in [0.25, 0.3) is 5.78 Å². The average Bonchev–Trinajstić information content (AvgIpc) is 3.40. The van der Waals surface area contributed by atoms with E-state index in [0.29, 0.717) is 28.6 Å². The van der Waals surface area contributed by atoms with Crippen LogP contribution in [0.3, 0.4) is 0 Å². The van der Waals surface area contributed by atoms with Gasteiger partial charge in [0.15, 0.2) is 5.13 Å². The first kappa shape index (κ1) is 23.4. The number of Topliss-reactive ketones (excluding diaryl/α,β-unsaturated/α-hetero) is 1. The number of benzene rings is 3. The number of nitrogens with zero attached hydrogens (tertiary/aromatic N) is 2. The predicted octanol–water partition coefficient (Wildman–Crippen LogP) is 5.93. The van der Waals surface area contributed by atoms with Gasteiger partial charge in [-0.25, -0.2) is 9.37 Å². The van der Waals surface area contributed by atoms with Crippen molar-refractivity contribution in [2.45, 2.75) is 13.0 Å². The van der Waals surface area contributed by atoms with E-state index in [4.69, 9.17) is 4.74 Å². The number of fused-ring (bicyclic) bond motifs is 1. The maximum Gasteiger partial charge on any atom is 0.301 e. The lowest BCUT2D eigenvalue weighted by Gasteiger charge is -2.23. The summed E-state index contributed by atoms with van der Waals surface area (Å²) < 4.78 is 19.9. The number of hydrogen-bond acceptors (Lipinski definition) is 6. The third-order valence-corrected chi connectivity index (χ3v) is 6.88. The molecule has 1 amide bonds. The van der Waals surface area contributed by atoms with E-state index in [0.717, 1.165) is 10.3 Å². The van der Waals surface area contributed by atoms with E-state index in [1.807, 2.05) is 25.1 Å². The van der Waals surface area contributed by atoms with Crippen LogP contribution in [-0.2, 0) is 9.59 Å². The maximum absolute atomic E-state index is 13.5. The molecule has 36 heavy (non-hydrogen) atoms. The minimum absolute atomic E-state index is 0.0956. The molecule has 0 bridgehead atoms. The van der Waals surface area contributed by atoms with E-state index < -0.39 is 23.5 Å². The molecule has 0 saturated carbocycles. The molecule has 6 nitrogen and oxygen atoms in total. The van der Waals surface area contributed by atoms with Crippen molar-refractivity contribution < 1.29 is 23.8 Å². The predicted molar refractivity (Wildman–Crippen MR) is 138 cm³/mol. The lowest BCUT2D eigenvalue weighted by atomic mass is 9.95. The molecule has 180 valence electrons. The van der Waals surface area contributed by atoms with Gasteiger partial charge in [-0.15, -0.1) is 0 Å². The third-order valence-electron chi connectivity index (χ3n) is 5.86. The van der Waals surface area contributed by atoms with Gasteiger partial charge in [0.1, 0.15) is 23.9 Å². The topological polar surface area (TPSA) is 79.7 Å². The number of rotatable bonds is 6. The number of aliphatic hydroxyl groups is 1. The van der Waals surface area contributed by atoms with Crippen molar-refractivity contribution in [1.82, 2.24) is 4.98 Å². The highest BCUT2D eigenvalue weighted by Gasteiger charge is 2.48. The Labute approximate surface area is 210 Å². The molecule has 1 aliphatic rings. The summed E-state index contributed by atoms with van der Waals surface area (Å²) in [5.41, 5.74) is 2.46. The maximum atomic E-state index is 13.5. The fourth-order valence-corrected chi connectivity index (χ4v) is 5.22. The lowest BCUT2D eigenvalue weighted by molar-refractivity contribution is -0.132. The molecule has 0 unspecified atom stereocenters. The van der Waals surface area contributed by atoms with E-state index in [9.17, 15) is 19.1 Å². The third kappa shape index (κ3) is 4.16. The number of ether oxygens (including phenoxy) is 1. The number of anilines is 1. The van der Waals surface area contributed by atoms with Crippen LogP contribution in [-0.4, -0.2) is 28.4 Å². The Hall–Kier alpha value is -4.30. The molecule has 1 N–H and O–H groups in total. The van der Waals surface area contributed by atoms with Gasteiger partial charge in [0.2, 0.25) is 0 Å². The van der Waals surface area contributed by atoms with Gasteiger partial charge < -0.3 is 9.84 Å². The highest BCUT2D eigenvalue weighted by molar-refractivity contribution is 7.22. The van der Waals surface area contributed by atoms with E-state index in [2.05, 4.69) is 11.6 Å². The van der Waals surface area contributed by atoms with Crippen molar-refractivity contribution in [2.24, 2.45) is 0 Å². The minimum atomic E-state index is -0.940. The number of halogens is 1. The Bertz CT molecular complexity index is 1520. The summed E-state index contributed by atoms with van der Waals surface area (Å²) in [6.07, 6.45) is 1.63. The highest BCUT2D eigenvalue weighted by atomic mass is 32.1. The molecule has 1 atom stereocenters. The number of carbonyl (C=O) groups is 2. The zero-order valence-electron chi connectivity index (χ0n) is 19.3. The molecule has 4 aromatic rings. The van der Waals surface area contributed by atoms with Gasteiger partial charge in [0, 0.05) is 5.56 Å². The monoisotopic (exact) mass is 500 g/mol. The normalized spacial score (nSPS) is 17.1. The number of aromatic nitrogens is 1. The Kier molecular flexibility index (Phi) is 6.12. The summed E-state index contributed by atoms with van der Waals surface area (Å²) >= 11 is 1.29. The Morgan fingerprint density at radius 2 is 1.86 bits per heavy atom. The van der Waals surface area contributed by atoms with E-state index in [-0.39, 0.29) is 16.9 Å². The molecule has 5 rings (SSSR count). The van der Waals surface area contributed by atoms with Gasteiger partial charge in [-0.05, 0) is 66.6 Å². The first-order valence-electron chi connectivity index (χ1n) is 11.1. The standard InChI is InChI=1S/C28H21FN2O4S/c1-3-14-35-20-11-7-17(8-12-20)24-23(25(32)18-5-9-19(29)10-6-18)26(33)27(34)31(24)28-30-21-13-4-16(2)15-22(21)36-28/h3-13,15,24,32H,1,14H2,2H3/t24-/m0/s1. The number of thiazole rings is 1. The van der Waals surface area contributed by atoms with E-state index >= 15 is 0 Å². The largest absolute Gasteiger partial charge is 0.507 e. The second-order valence-corrected chi connectivity index (χ2v) is 9.32. The zero-order chi connectivity index (χ0) is 25.4. The number of aryl methyl sites for hydroxylation is 1. The second kappa shape index (κ2) is 9.39. The molecule has 1 fully saturated rings. The molecule has 1 saturated heterocycles.